The molecule has 2 aromatic carbocycles. The number of para-hydroxylation sites is 2. The van der Waals surface area contributed by atoms with Crippen LogP contribution in [-0.2, 0) is 27.5 Å². The summed E-state index contributed by atoms with van der Waals surface area (Å²) in [4.78, 5) is 16.2. The quantitative estimate of drug-likeness (QED) is 0.619. The van der Waals surface area contributed by atoms with E-state index in [1.54, 1.807) is 12.1 Å². The van der Waals surface area contributed by atoms with E-state index in [0.717, 1.165) is 23.8 Å². The van der Waals surface area contributed by atoms with E-state index >= 15 is 0 Å². The highest BCUT2D eigenvalue weighted by molar-refractivity contribution is 7.89. The first-order valence-corrected chi connectivity index (χ1v) is 11.5. The summed E-state index contributed by atoms with van der Waals surface area (Å²) in [6.45, 7) is 0.248. The molecule has 0 aliphatic carbocycles. The number of halogens is 3. The molecule has 0 spiro atoms. The van der Waals surface area contributed by atoms with Crippen LogP contribution in [-0.4, -0.2) is 41.3 Å². The molecule has 0 radical (unpaired) electrons. The molecule has 0 atom stereocenters. The predicted molar refractivity (Wildman–Crippen MR) is 112 cm³/mol. The van der Waals surface area contributed by atoms with Crippen molar-refractivity contribution in [3.8, 4) is 0 Å². The van der Waals surface area contributed by atoms with Gasteiger partial charge >= 0.3 is 6.18 Å². The summed E-state index contributed by atoms with van der Waals surface area (Å²) in [5.74, 6) is -1.90. The summed E-state index contributed by atoms with van der Waals surface area (Å²) in [7, 11) is -3.71. The molecule has 1 saturated heterocycles. The summed E-state index contributed by atoms with van der Waals surface area (Å²) < 4.78 is 68.2. The lowest BCUT2D eigenvalue weighted by Gasteiger charge is -2.26. The maximum atomic E-state index is 13.4. The van der Waals surface area contributed by atoms with E-state index in [1.165, 1.54) is 40.7 Å². The summed E-state index contributed by atoms with van der Waals surface area (Å²) in [6.07, 6.45) is -2.18. The van der Waals surface area contributed by atoms with Gasteiger partial charge in [-0.15, -0.1) is 0 Å². The topological polar surface area (TPSA) is 84.3 Å². The largest absolute Gasteiger partial charge is 0.449 e. The van der Waals surface area contributed by atoms with Gasteiger partial charge in [0.1, 0.15) is 6.54 Å². The van der Waals surface area contributed by atoms with Gasteiger partial charge in [0.15, 0.2) is 0 Å². The fourth-order valence-electron chi connectivity index (χ4n) is 3.78. The van der Waals surface area contributed by atoms with Crippen molar-refractivity contribution < 1.29 is 26.4 Å². The molecule has 1 aliphatic heterocycles. The average molecular weight is 466 g/mol. The van der Waals surface area contributed by atoms with Crippen LogP contribution in [0.15, 0.2) is 53.4 Å². The number of carbonyl (C=O) groups excluding carboxylic acids is 1. The van der Waals surface area contributed by atoms with E-state index in [9.17, 15) is 26.4 Å². The average Bonchev–Trinajstić information content (AvgIpc) is 3.13. The lowest BCUT2D eigenvalue weighted by atomic mass is 10.2. The first-order chi connectivity index (χ1) is 15.2. The van der Waals surface area contributed by atoms with Gasteiger partial charge in [-0.05, 0) is 43.2 Å². The number of alkyl halides is 3. The van der Waals surface area contributed by atoms with Crippen molar-refractivity contribution >= 4 is 32.7 Å². The van der Waals surface area contributed by atoms with Crippen LogP contribution in [0, 0.1) is 0 Å². The second-order valence-corrected chi connectivity index (χ2v) is 9.49. The van der Waals surface area contributed by atoms with Gasteiger partial charge in [0, 0.05) is 18.8 Å². The number of piperidine rings is 1. The predicted octanol–water partition coefficient (Wildman–Crippen LogP) is 3.87. The Morgan fingerprint density at radius 2 is 1.75 bits per heavy atom. The van der Waals surface area contributed by atoms with Gasteiger partial charge in [0.25, 0.3) is 0 Å². The molecule has 0 unspecified atom stereocenters. The Bertz CT molecular complexity index is 1250. The van der Waals surface area contributed by atoms with Crippen LogP contribution in [0.25, 0.3) is 11.0 Å². The van der Waals surface area contributed by atoms with Gasteiger partial charge in [0.05, 0.1) is 15.9 Å². The lowest BCUT2D eigenvalue weighted by Crippen LogP contribution is -2.35. The Hall–Kier alpha value is -2.92. The van der Waals surface area contributed by atoms with Crippen molar-refractivity contribution in [2.75, 3.05) is 18.4 Å². The minimum absolute atomic E-state index is 0.0289. The fraction of sp³-hybridized carbons (Fsp3) is 0.333. The maximum Gasteiger partial charge on any atom is 0.449 e. The number of aromatic nitrogens is 2. The summed E-state index contributed by atoms with van der Waals surface area (Å²) in [5.41, 5.74) is 0.490. The standard InChI is InChI=1S/C21H21F3N4O3S/c22-21(23,24)20-26-17-9-2-3-10-18(17)28(20)14-19(29)25-15-7-6-8-16(13-15)32(30,31)27-11-4-1-5-12-27/h2-3,6-10,13H,1,4-5,11-12,14H2,(H,25,29). The number of rotatable bonds is 5. The molecular formula is C21H21F3N4O3S. The van der Waals surface area contributed by atoms with Crippen LogP contribution in [0.2, 0.25) is 0 Å². The molecule has 1 aromatic heterocycles. The van der Waals surface area contributed by atoms with Crippen LogP contribution in [0.3, 0.4) is 0 Å². The number of carbonyl (C=O) groups is 1. The second-order valence-electron chi connectivity index (χ2n) is 7.55. The molecule has 4 rings (SSSR count). The van der Waals surface area contributed by atoms with E-state index in [0.29, 0.717) is 13.1 Å². The van der Waals surface area contributed by atoms with Crippen molar-refractivity contribution in [3.05, 3.63) is 54.4 Å². The highest BCUT2D eigenvalue weighted by Crippen LogP contribution is 2.31. The number of nitrogens with one attached hydrogen (secondary N) is 1. The molecule has 7 nitrogen and oxygen atoms in total. The third kappa shape index (κ3) is 4.49. The second kappa shape index (κ2) is 8.55. The summed E-state index contributed by atoms with van der Waals surface area (Å²) in [5, 5.41) is 2.50. The monoisotopic (exact) mass is 466 g/mol. The van der Waals surface area contributed by atoms with Crippen LogP contribution >= 0.6 is 0 Å². The molecular weight excluding hydrogens is 445 g/mol. The Labute approximate surface area is 182 Å². The number of fused-ring (bicyclic) bond motifs is 1. The number of nitrogens with zero attached hydrogens (tertiary/aromatic N) is 3. The smallest absolute Gasteiger partial charge is 0.324 e. The van der Waals surface area contributed by atoms with E-state index in [1.807, 2.05) is 0 Å². The van der Waals surface area contributed by atoms with Gasteiger partial charge in [-0.3, -0.25) is 4.79 Å². The van der Waals surface area contributed by atoms with Gasteiger partial charge in [0.2, 0.25) is 21.8 Å². The summed E-state index contributed by atoms with van der Waals surface area (Å²) in [6, 6.07) is 11.7. The van der Waals surface area contributed by atoms with Gasteiger partial charge in [-0.1, -0.05) is 24.6 Å². The SMILES string of the molecule is O=C(Cn1c(C(F)(F)F)nc2ccccc21)Nc1cccc(S(=O)(=O)N2CCCCC2)c1. The Balaban J connectivity index is 1.57. The molecule has 2 heterocycles. The number of hydrogen-bond donors (Lipinski definition) is 1. The third-order valence-electron chi connectivity index (χ3n) is 5.28. The Morgan fingerprint density at radius 3 is 2.47 bits per heavy atom. The molecule has 1 N–H and O–H groups in total. The van der Waals surface area contributed by atoms with Crippen molar-refractivity contribution in [3.63, 3.8) is 0 Å². The molecule has 170 valence electrons. The van der Waals surface area contributed by atoms with E-state index < -0.39 is 34.5 Å². The summed E-state index contributed by atoms with van der Waals surface area (Å²) >= 11 is 0. The Kier molecular flexibility index (Phi) is 5.95. The van der Waals surface area contributed by atoms with Crippen molar-refractivity contribution in [1.29, 1.82) is 0 Å². The number of hydrogen-bond acceptors (Lipinski definition) is 4. The van der Waals surface area contributed by atoms with Gasteiger partial charge in [-0.25, -0.2) is 13.4 Å². The van der Waals surface area contributed by atoms with Crippen LogP contribution in [0.1, 0.15) is 25.1 Å². The molecule has 0 bridgehead atoms. The zero-order valence-corrected chi connectivity index (χ0v) is 17.8. The molecule has 1 fully saturated rings. The van der Waals surface area contributed by atoms with Crippen LogP contribution in [0.4, 0.5) is 18.9 Å². The van der Waals surface area contributed by atoms with E-state index in [2.05, 4.69) is 10.3 Å². The van der Waals surface area contributed by atoms with Crippen molar-refractivity contribution in [2.45, 2.75) is 36.9 Å². The molecule has 11 heteroatoms. The lowest BCUT2D eigenvalue weighted by molar-refractivity contribution is -0.147. The number of anilines is 1. The minimum Gasteiger partial charge on any atom is -0.324 e. The number of benzene rings is 2. The zero-order chi connectivity index (χ0) is 22.9. The first-order valence-electron chi connectivity index (χ1n) is 10.1. The Morgan fingerprint density at radius 1 is 1.03 bits per heavy atom. The third-order valence-corrected chi connectivity index (χ3v) is 7.18. The van der Waals surface area contributed by atoms with Crippen molar-refractivity contribution in [2.24, 2.45) is 0 Å². The van der Waals surface area contributed by atoms with E-state index in [-0.39, 0.29) is 21.6 Å². The van der Waals surface area contributed by atoms with Gasteiger partial charge < -0.3 is 9.88 Å². The van der Waals surface area contributed by atoms with Crippen molar-refractivity contribution in [1.82, 2.24) is 13.9 Å². The highest BCUT2D eigenvalue weighted by Gasteiger charge is 2.38. The molecule has 1 aliphatic rings. The van der Waals surface area contributed by atoms with Crippen LogP contribution in [0.5, 0.6) is 0 Å². The molecule has 32 heavy (non-hydrogen) atoms. The number of amides is 1. The molecule has 1 amide bonds. The van der Waals surface area contributed by atoms with Gasteiger partial charge in [-0.2, -0.15) is 17.5 Å². The first kappa shape index (κ1) is 22.3. The molecule has 3 aromatic rings. The minimum atomic E-state index is -4.73. The van der Waals surface area contributed by atoms with Crippen LogP contribution < -0.4 is 5.32 Å². The highest BCUT2D eigenvalue weighted by atomic mass is 32.2. The maximum absolute atomic E-state index is 13.4. The fourth-order valence-corrected chi connectivity index (χ4v) is 5.35. The normalized spacial score (nSPS) is 15.7. The number of sulfonamides is 1. The molecule has 0 saturated carbocycles. The van der Waals surface area contributed by atoms with E-state index in [4.69, 9.17) is 0 Å². The zero-order valence-electron chi connectivity index (χ0n) is 17.0. The number of imidazole rings is 1.